The summed E-state index contributed by atoms with van der Waals surface area (Å²) in [6, 6.07) is 20.1. The molecule has 3 rings (SSSR count). The maximum Gasteiger partial charge on any atom is 0.135 e. The first kappa shape index (κ1) is 18.1. The standard InChI is InChI=1S/C21H21Cl2NO/c1-2-6-20(15-7-4-3-5-8-15)24-14-17-10-12-21(25-17)18-13-16(22)9-11-19(18)23/h3-5,7-13,20,24H,2,6,14H2,1H3. The molecular weight excluding hydrogens is 353 g/mol. The van der Waals surface area contributed by atoms with E-state index in [-0.39, 0.29) is 0 Å². The highest BCUT2D eigenvalue weighted by atomic mass is 35.5. The lowest BCUT2D eigenvalue weighted by molar-refractivity contribution is 0.439. The minimum atomic E-state index is 0.314. The van der Waals surface area contributed by atoms with Crippen molar-refractivity contribution in [1.29, 1.82) is 0 Å². The first-order valence-corrected chi connectivity index (χ1v) is 9.25. The largest absolute Gasteiger partial charge is 0.460 e. The Kier molecular flexibility index (Phi) is 6.19. The average Bonchev–Trinajstić information content (AvgIpc) is 3.10. The number of rotatable bonds is 7. The SMILES string of the molecule is CCCC(NCc1ccc(-c2cc(Cl)ccc2Cl)o1)c1ccccc1. The number of hydrogen-bond donors (Lipinski definition) is 1. The lowest BCUT2D eigenvalue weighted by atomic mass is 10.0. The monoisotopic (exact) mass is 373 g/mol. The van der Waals surface area contributed by atoms with E-state index in [0.717, 1.165) is 29.9 Å². The van der Waals surface area contributed by atoms with Crippen LogP contribution in [-0.4, -0.2) is 0 Å². The van der Waals surface area contributed by atoms with Crippen LogP contribution in [-0.2, 0) is 6.54 Å². The zero-order valence-corrected chi connectivity index (χ0v) is 15.6. The normalized spacial score (nSPS) is 12.3. The van der Waals surface area contributed by atoms with Crippen LogP contribution >= 0.6 is 23.2 Å². The van der Waals surface area contributed by atoms with Crippen LogP contribution in [0.5, 0.6) is 0 Å². The van der Waals surface area contributed by atoms with Crippen molar-refractivity contribution in [2.24, 2.45) is 0 Å². The van der Waals surface area contributed by atoms with Crippen molar-refractivity contribution < 1.29 is 4.42 Å². The van der Waals surface area contributed by atoms with Gasteiger partial charge in [0.05, 0.1) is 11.6 Å². The number of furan rings is 1. The van der Waals surface area contributed by atoms with Crippen molar-refractivity contribution in [2.45, 2.75) is 32.4 Å². The van der Waals surface area contributed by atoms with Gasteiger partial charge in [0.2, 0.25) is 0 Å². The van der Waals surface area contributed by atoms with E-state index < -0.39 is 0 Å². The van der Waals surface area contributed by atoms with Crippen LogP contribution in [0.1, 0.15) is 37.1 Å². The molecule has 130 valence electrons. The quantitative estimate of drug-likeness (QED) is 0.487. The van der Waals surface area contributed by atoms with Crippen LogP contribution in [0.4, 0.5) is 0 Å². The fourth-order valence-corrected chi connectivity index (χ4v) is 3.27. The molecule has 0 bridgehead atoms. The maximum absolute atomic E-state index is 6.25. The number of nitrogens with one attached hydrogen (secondary N) is 1. The van der Waals surface area contributed by atoms with Crippen molar-refractivity contribution in [3.8, 4) is 11.3 Å². The highest BCUT2D eigenvalue weighted by Crippen LogP contribution is 2.32. The van der Waals surface area contributed by atoms with Gasteiger partial charge in [0.15, 0.2) is 0 Å². The molecule has 0 aliphatic heterocycles. The van der Waals surface area contributed by atoms with Crippen molar-refractivity contribution in [3.63, 3.8) is 0 Å². The van der Waals surface area contributed by atoms with Gasteiger partial charge in [-0.25, -0.2) is 0 Å². The van der Waals surface area contributed by atoms with E-state index in [1.54, 1.807) is 12.1 Å². The summed E-state index contributed by atoms with van der Waals surface area (Å²) >= 11 is 12.3. The zero-order chi connectivity index (χ0) is 17.6. The summed E-state index contributed by atoms with van der Waals surface area (Å²) in [5.74, 6) is 1.61. The molecule has 1 atom stereocenters. The third-order valence-corrected chi connectivity index (χ3v) is 4.72. The molecule has 0 saturated carbocycles. The van der Waals surface area contributed by atoms with Crippen LogP contribution in [0.15, 0.2) is 65.1 Å². The molecule has 0 saturated heterocycles. The second kappa shape index (κ2) is 8.57. The van der Waals surface area contributed by atoms with Crippen LogP contribution < -0.4 is 5.32 Å². The molecule has 1 heterocycles. The molecule has 0 aliphatic rings. The molecule has 0 aliphatic carbocycles. The molecule has 2 aromatic carbocycles. The molecule has 0 radical (unpaired) electrons. The van der Waals surface area contributed by atoms with Gasteiger partial charge in [-0.2, -0.15) is 0 Å². The lowest BCUT2D eigenvalue weighted by Crippen LogP contribution is -2.20. The van der Waals surface area contributed by atoms with Crippen LogP contribution in [0.2, 0.25) is 10.0 Å². The van der Waals surface area contributed by atoms with Crippen LogP contribution in [0, 0.1) is 0 Å². The molecular formula is C21H21Cl2NO. The predicted octanol–water partition coefficient (Wildman–Crippen LogP) is 6.88. The Hall–Kier alpha value is -1.74. The Balaban J connectivity index is 1.71. The Morgan fingerprint density at radius 3 is 2.56 bits per heavy atom. The van der Waals surface area contributed by atoms with Gasteiger partial charge in [0.25, 0.3) is 0 Å². The minimum absolute atomic E-state index is 0.314. The summed E-state index contributed by atoms with van der Waals surface area (Å²) in [7, 11) is 0. The van der Waals surface area contributed by atoms with E-state index >= 15 is 0 Å². The summed E-state index contributed by atoms with van der Waals surface area (Å²) < 4.78 is 5.96. The van der Waals surface area contributed by atoms with Gasteiger partial charge in [-0.05, 0) is 42.3 Å². The lowest BCUT2D eigenvalue weighted by Gasteiger charge is -2.18. The third kappa shape index (κ3) is 4.66. The van der Waals surface area contributed by atoms with E-state index in [4.69, 9.17) is 27.6 Å². The molecule has 3 aromatic rings. The number of hydrogen-bond acceptors (Lipinski definition) is 2. The highest BCUT2D eigenvalue weighted by Gasteiger charge is 2.13. The van der Waals surface area contributed by atoms with E-state index in [0.29, 0.717) is 22.6 Å². The summed E-state index contributed by atoms with van der Waals surface area (Å²) in [5, 5.41) is 4.86. The number of halogens is 2. The van der Waals surface area contributed by atoms with Gasteiger partial charge in [0.1, 0.15) is 11.5 Å². The summed E-state index contributed by atoms with van der Waals surface area (Å²) in [5.41, 5.74) is 2.11. The van der Waals surface area contributed by atoms with Gasteiger partial charge < -0.3 is 9.73 Å². The first-order chi connectivity index (χ1) is 12.2. The second-order valence-electron chi connectivity index (χ2n) is 6.02. The van der Waals surface area contributed by atoms with Gasteiger partial charge in [0, 0.05) is 16.6 Å². The van der Waals surface area contributed by atoms with Crippen LogP contribution in [0.25, 0.3) is 11.3 Å². The Morgan fingerprint density at radius 2 is 1.80 bits per heavy atom. The topological polar surface area (TPSA) is 25.2 Å². The fraction of sp³-hybridized carbons (Fsp3) is 0.238. The van der Waals surface area contributed by atoms with Gasteiger partial charge in [-0.15, -0.1) is 0 Å². The third-order valence-electron chi connectivity index (χ3n) is 4.16. The minimum Gasteiger partial charge on any atom is -0.460 e. The van der Waals surface area contributed by atoms with E-state index in [2.05, 4.69) is 36.5 Å². The second-order valence-corrected chi connectivity index (χ2v) is 6.87. The molecule has 4 heteroatoms. The Labute approximate surface area is 158 Å². The maximum atomic E-state index is 6.25. The predicted molar refractivity (Wildman–Crippen MR) is 105 cm³/mol. The van der Waals surface area contributed by atoms with Crippen molar-refractivity contribution in [3.05, 3.63) is 82.0 Å². The van der Waals surface area contributed by atoms with Crippen LogP contribution in [0.3, 0.4) is 0 Å². The smallest absolute Gasteiger partial charge is 0.135 e. The summed E-state index contributed by atoms with van der Waals surface area (Å²) in [6.07, 6.45) is 2.20. The van der Waals surface area contributed by atoms with Crippen molar-refractivity contribution in [2.75, 3.05) is 0 Å². The van der Waals surface area contributed by atoms with Gasteiger partial charge >= 0.3 is 0 Å². The molecule has 2 nitrogen and oxygen atoms in total. The summed E-state index contributed by atoms with van der Waals surface area (Å²) in [4.78, 5) is 0. The van der Waals surface area contributed by atoms with Crippen molar-refractivity contribution >= 4 is 23.2 Å². The summed E-state index contributed by atoms with van der Waals surface area (Å²) in [6.45, 7) is 2.86. The molecule has 0 fully saturated rings. The number of benzene rings is 2. The van der Waals surface area contributed by atoms with Gasteiger partial charge in [-0.1, -0.05) is 66.9 Å². The van der Waals surface area contributed by atoms with E-state index in [1.165, 1.54) is 5.56 Å². The zero-order valence-electron chi connectivity index (χ0n) is 14.1. The van der Waals surface area contributed by atoms with Gasteiger partial charge in [-0.3, -0.25) is 0 Å². The average molecular weight is 374 g/mol. The van der Waals surface area contributed by atoms with Crippen molar-refractivity contribution in [1.82, 2.24) is 5.32 Å². The van der Waals surface area contributed by atoms with E-state index in [9.17, 15) is 0 Å². The van der Waals surface area contributed by atoms with E-state index in [1.807, 2.05) is 24.3 Å². The Morgan fingerprint density at radius 1 is 1.00 bits per heavy atom. The first-order valence-electron chi connectivity index (χ1n) is 8.50. The fourth-order valence-electron chi connectivity index (χ4n) is 2.89. The highest BCUT2D eigenvalue weighted by molar-refractivity contribution is 6.35. The molecule has 25 heavy (non-hydrogen) atoms. The molecule has 1 aromatic heterocycles. The molecule has 0 spiro atoms. The molecule has 0 amide bonds. The molecule has 1 unspecified atom stereocenters. The Bertz CT molecular complexity index is 814. The molecule has 1 N–H and O–H groups in total.